The molecule has 0 saturated heterocycles. The van der Waals surface area contributed by atoms with E-state index in [1.165, 1.54) is 82.4 Å². The molecule has 3 heterocycles. The van der Waals surface area contributed by atoms with Crippen molar-refractivity contribution in [1.29, 1.82) is 0 Å². The molecule has 0 unspecified atom stereocenters. The molecule has 0 bridgehead atoms. The summed E-state index contributed by atoms with van der Waals surface area (Å²) in [4.78, 5) is 4.51. The van der Waals surface area contributed by atoms with Crippen molar-refractivity contribution in [3.63, 3.8) is 0 Å². The summed E-state index contributed by atoms with van der Waals surface area (Å²) in [5.41, 5.74) is 17.7. The van der Waals surface area contributed by atoms with Gasteiger partial charge >= 0.3 is 0 Å². The SMILES string of the molecule is c1ccc(-c2c3c(c(-c4ccccc4)c4ccccc24)-c2ccc(-c4ccc5oc6ccc(-n7c8ccccc8c8ccncc87)cc6c5c4)c4cccc-3c24)cc1. The minimum Gasteiger partial charge on any atom is -0.456 e. The van der Waals surface area contributed by atoms with Gasteiger partial charge in [-0.15, -0.1) is 0 Å². The summed E-state index contributed by atoms with van der Waals surface area (Å²) < 4.78 is 8.81. The van der Waals surface area contributed by atoms with Crippen LogP contribution >= 0.6 is 0 Å². The van der Waals surface area contributed by atoms with E-state index in [1.54, 1.807) is 0 Å². The Morgan fingerprint density at radius 2 is 0.948 bits per heavy atom. The summed E-state index contributed by atoms with van der Waals surface area (Å²) >= 11 is 0. The van der Waals surface area contributed by atoms with Crippen LogP contribution in [-0.4, -0.2) is 9.55 Å². The van der Waals surface area contributed by atoms with Crippen LogP contribution in [0.5, 0.6) is 0 Å². The molecule has 3 aromatic heterocycles. The van der Waals surface area contributed by atoms with E-state index < -0.39 is 0 Å². The van der Waals surface area contributed by atoms with Crippen molar-refractivity contribution >= 4 is 65.3 Å². The highest BCUT2D eigenvalue weighted by Gasteiger charge is 2.31. The Morgan fingerprint density at radius 3 is 1.69 bits per heavy atom. The number of hydrogen-bond acceptors (Lipinski definition) is 2. The van der Waals surface area contributed by atoms with E-state index in [2.05, 4.69) is 192 Å². The number of furan rings is 1. The second kappa shape index (κ2) is 11.9. The Bertz CT molecular complexity index is 3520. The topological polar surface area (TPSA) is 31.0 Å². The predicted molar refractivity (Wildman–Crippen MR) is 242 cm³/mol. The summed E-state index contributed by atoms with van der Waals surface area (Å²) in [7, 11) is 0. The van der Waals surface area contributed by atoms with Gasteiger partial charge in [-0.1, -0.05) is 140 Å². The number of pyridine rings is 1. The molecule has 0 atom stereocenters. The number of nitrogens with zero attached hydrogens (tertiary/aromatic N) is 2. The molecule has 0 radical (unpaired) electrons. The van der Waals surface area contributed by atoms with Gasteiger partial charge in [-0.25, -0.2) is 0 Å². The number of benzene rings is 9. The smallest absolute Gasteiger partial charge is 0.135 e. The molecule has 0 spiro atoms. The molecular weight excluding hydrogens is 705 g/mol. The minimum absolute atomic E-state index is 0.875. The molecule has 268 valence electrons. The van der Waals surface area contributed by atoms with Crippen LogP contribution in [0.1, 0.15) is 0 Å². The van der Waals surface area contributed by atoms with Gasteiger partial charge in [-0.3, -0.25) is 4.98 Å². The van der Waals surface area contributed by atoms with Crippen molar-refractivity contribution in [3.05, 3.63) is 194 Å². The summed E-state index contributed by atoms with van der Waals surface area (Å²) in [6.45, 7) is 0. The lowest BCUT2D eigenvalue weighted by Crippen LogP contribution is -1.93. The Hall–Kier alpha value is -7.75. The average Bonchev–Trinajstić information content (AvgIpc) is 3.94. The van der Waals surface area contributed by atoms with Crippen molar-refractivity contribution in [3.8, 4) is 61.3 Å². The first kappa shape index (κ1) is 31.5. The van der Waals surface area contributed by atoms with Crippen LogP contribution in [0.3, 0.4) is 0 Å². The van der Waals surface area contributed by atoms with Gasteiger partial charge in [0.2, 0.25) is 0 Å². The molecule has 1 aliphatic rings. The zero-order valence-electron chi connectivity index (χ0n) is 31.3. The normalized spacial score (nSPS) is 12.1. The molecule has 9 aromatic carbocycles. The maximum Gasteiger partial charge on any atom is 0.135 e. The standard InChI is InChI=1S/C55H32N2O/c1-3-12-33(13-4-1)51-41-17-7-8-18-42(41)52(34-14-5-2-6-15-34)55-44-25-24-37(40-19-11-20-43(53(40)44)54(51)55)35-22-26-49-45(30-35)46-31-36(23-27-50(46)58-49)57-47-21-10-9-16-38(47)39-28-29-56-32-48(39)57/h1-32H. The first-order valence-electron chi connectivity index (χ1n) is 19.9. The molecule has 0 amide bonds. The average molecular weight is 737 g/mol. The summed E-state index contributed by atoms with van der Waals surface area (Å²) in [5, 5.41) is 9.69. The Kier molecular flexibility index (Phi) is 6.44. The van der Waals surface area contributed by atoms with Crippen LogP contribution in [0, 0.1) is 0 Å². The molecule has 0 saturated carbocycles. The van der Waals surface area contributed by atoms with Crippen LogP contribution < -0.4 is 0 Å². The number of rotatable bonds is 4. The number of para-hydroxylation sites is 1. The molecule has 12 aromatic rings. The third-order valence-electron chi connectivity index (χ3n) is 12.4. The van der Waals surface area contributed by atoms with E-state index in [0.717, 1.165) is 44.2 Å². The molecular formula is C55H32N2O. The van der Waals surface area contributed by atoms with Gasteiger partial charge in [0.15, 0.2) is 0 Å². The lowest BCUT2D eigenvalue weighted by Gasteiger charge is -2.20. The zero-order chi connectivity index (χ0) is 37.9. The lowest BCUT2D eigenvalue weighted by molar-refractivity contribution is 0.669. The van der Waals surface area contributed by atoms with Crippen molar-refractivity contribution in [1.82, 2.24) is 9.55 Å². The molecule has 0 fully saturated rings. The second-order valence-corrected chi connectivity index (χ2v) is 15.4. The monoisotopic (exact) mass is 736 g/mol. The van der Waals surface area contributed by atoms with E-state index >= 15 is 0 Å². The van der Waals surface area contributed by atoms with Crippen molar-refractivity contribution in [2.24, 2.45) is 0 Å². The summed E-state index contributed by atoms with van der Waals surface area (Å²) in [6, 6.07) is 66.3. The minimum atomic E-state index is 0.875. The fourth-order valence-electron chi connectivity index (χ4n) is 10.0. The van der Waals surface area contributed by atoms with Crippen LogP contribution in [0.15, 0.2) is 199 Å². The first-order valence-corrected chi connectivity index (χ1v) is 19.9. The predicted octanol–water partition coefficient (Wildman–Crippen LogP) is 15.0. The van der Waals surface area contributed by atoms with E-state index in [-0.39, 0.29) is 0 Å². The van der Waals surface area contributed by atoms with Crippen molar-refractivity contribution in [2.75, 3.05) is 0 Å². The van der Waals surface area contributed by atoms with Crippen LogP contribution in [-0.2, 0) is 0 Å². The van der Waals surface area contributed by atoms with E-state index in [1.807, 2.05) is 12.4 Å². The van der Waals surface area contributed by atoms with E-state index in [0.29, 0.717) is 0 Å². The molecule has 1 aliphatic carbocycles. The summed E-state index contributed by atoms with van der Waals surface area (Å²) in [6.07, 6.45) is 3.84. The zero-order valence-corrected chi connectivity index (χ0v) is 31.3. The Labute approximate surface area is 333 Å². The van der Waals surface area contributed by atoms with Gasteiger partial charge in [-0.05, 0) is 120 Å². The lowest BCUT2D eigenvalue weighted by atomic mass is 9.82. The van der Waals surface area contributed by atoms with Gasteiger partial charge in [0.05, 0.1) is 17.2 Å². The number of hydrogen-bond donors (Lipinski definition) is 0. The Morgan fingerprint density at radius 1 is 0.362 bits per heavy atom. The molecule has 0 aliphatic heterocycles. The van der Waals surface area contributed by atoms with Gasteiger partial charge in [-0.2, -0.15) is 0 Å². The van der Waals surface area contributed by atoms with Crippen molar-refractivity contribution < 1.29 is 4.42 Å². The number of fused-ring (bicyclic) bond motifs is 10. The Balaban J connectivity index is 1.05. The fraction of sp³-hybridized carbons (Fsp3) is 0. The maximum atomic E-state index is 6.50. The van der Waals surface area contributed by atoms with E-state index in [9.17, 15) is 0 Å². The van der Waals surface area contributed by atoms with Crippen molar-refractivity contribution in [2.45, 2.75) is 0 Å². The molecule has 3 nitrogen and oxygen atoms in total. The van der Waals surface area contributed by atoms with Gasteiger partial charge in [0.1, 0.15) is 11.2 Å². The largest absolute Gasteiger partial charge is 0.456 e. The molecule has 3 heteroatoms. The highest BCUT2D eigenvalue weighted by atomic mass is 16.3. The van der Waals surface area contributed by atoms with Gasteiger partial charge < -0.3 is 8.98 Å². The second-order valence-electron chi connectivity index (χ2n) is 15.4. The first-order chi connectivity index (χ1) is 28.8. The maximum absolute atomic E-state index is 6.50. The third kappa shape index (κ3) is 4.30. The highest BCUT2D eigenvalue weighted by molar-refractivity contribution is 6.29. The van der Waals surface area contributed by atoms with E-state index in [4.69, 9.17) is 4.42 Å². The summed E-state index contributed by atoms with van der Waals surface area (Å²) in [5.74, 6) is 0. The molecule has 13 rings (SSSR count). The highest BCUT2D eigenvalue weighted by Crippen LogP contribution is 2.58. The van der Waals surface area contributed by atoms with Gasteiger partial charge in [0.25, 0.3) is 0 Å². The van der Waals surface area contributed by atoms with Crippen LogP contribution in [0.2, 0.25) is 0 Å². The van der Waals surface area contributed by atoms with Crippen LogP contribution in [0.4, 0.5) is 0 Å². The van der Waals surface area contributed by atoms with Crippen LogP contribution in [0.25, 0.3) is 127 Å². The third-order valence-corrected chi connectivity index (χ3v) is 12.4. The molecule has 58 heavy (non-hydrogen) atoms. The van der Waals surface area contributed by atoms with Gasteiger partial charge in [0, 0.05) is 33.4 Å². The fourth-order valence-corrected chi connectivity index (χ4v) is 10.0. The number of aromatic nitrogens is 2. The molecule has 0 N–H and O–H groups in total. The quantitative estimate of drug-likeness (QED) is 0.180.